The van der Waals surface area contributed by atoms with E-state index < -0.39 is 11.7 Å². The van der Waals surface area contributed by atoms with Gasteiger partial charge >= 0.3 is 0 Å². The average Bonchev–Trinajstić information content (AvgIpc) is 3.19. The van der Waals surface area contributed by atoms with E-state index in [1.807, 2.05) is 0 Å². The summed E-state index contributed by atoms with van der Waals surface area (Å²) < 4.78 is 21.4. The molecule has 170 valence electrons. The van der Waals surface area contributed by atoms with Crippen LogP contribution in [0.25, 0.3) is 16.6 Å². The van der Waals surface area contributed by atoms with E-state index in [9.17, 15) is 14.3 Å². The molecule has 9 heteroatoms. The second kappa shape index (κ2) is 8.74. The maximum atomic E-state index is 14.6. The molecule has 0 radical (unpaired) electrons. The number of pyridine rings is 1. The number of aliphatic hydroxyl groups is 1. The van der Waals surface area contributed by atoms with Gasteiger partial charge in [-0.05, 0) is 45.6 Å². The molecule has 3 N–H and O–H groups in total. The van der Waals surface area contributed by atoms with Crippen LogP contribution in [0.15, 0.2) is 30.7 Å². The number of carbonyl (C=O) groups excluding carboxylic acids is 1. The Labute approximate surface area is 185 Å². The van der Waals surface area contributed by atoms with Gasteiger partial charge in [-0.1, -0.05) is 0 Å². The first kappa shape index (κ1) is 22.0. The maximum Gasteiger partial charge on any atom is 0.252 e. The van der Waals surface area contributed by atoms with Crippen LogP contribution in [0.3, 0.4) is 0 Å². The maximum absolute atomic E-state index is 14.6. The second-order valence-corrected chi connectivity index (χ2v) is 8.50. The highest BCUT2D eigenvalue weighted by atomic mass is 19.1. The number of nitrogens with two attached hydrogens (primary N) is 1. The lowest BCUT2D eigenvalue weighted by Crippen LogP contribution is -2.44. The average molecular weight is 442 g/mol. The number of carbonyl (C=O) groups is 1. The van der Waals surface area contributed by atoms with Gasteiger partial charge in [-0.2, -0.15) is 5.10 Å². The summed E-state index contributed by atoms with van der Waals surface area (Å²) in [5.74, 6) is -0.761. The van der Waals surface area contributed by atoms with Crippen LogP contribution < -0.4 is 15.4 Å². The summed E-state index contributed by atoms with van der Waals surface area (Å²) in [6.07, 6.45) is 7.01. The summed E-state index contributed by atoms with van der Waals surface area (Å²) in [4.78, 5) is 18.5. The fourth-order valence-electron chi connectivity index (χ4n) is 4.59. The molecule has 0 atom stereocenters. The van der Waals surface area contributed by atoms with Crippen LogP contribution in [-0.4, -0.2) is 50.9 Å². The Balaban J connectivity index is 1.90. The molecule has 3 aromatic heterocycles. The number of aromatic nitrogens is 3. The molecule has 1 aliphatic rings. The number of rotatable bonds is 6. The minimum atomic E-state index is -0.573. The number of methoxy groups -OCH3 is 1. The minimum absolute atomic E-state index is 0.0654. The standard InChI is InChI=1S/C23H28FN5O3/c1-13(2)29(15-4-6-16(30)7-5-15)22-18(23(25)31)10-27-28-12-14(8-20(22)28)17-9-21(32-3)26-11-19(17)24/h8-13,15-16,30H,4-7H2,1-3H3,(H2,25,31). The van der Waals surface area contributed by atoms with Gasteiger partial charge in [0.15, 0.2) is 0 Å². The quantitative estimate of drug-likeness (QED) is 0.609. The van der Waals surface area contributed by atoms with E-state index in [2.05, 4.69) is 28.8 Å². The normalized spacial score (nSPS) is 18.8. The number of hydrogen-bond acceptors (Lipinski definition) is 6. The van der Waals surface area contributed by atoms with Crippen molar-refractivity contribution >= 4 is 17.1 Å². The van der Waals surface area contributed by atoms with E-state index in [4.69, 9.17) is 10.5 Å². The Morgan fingerprint density at radius 3 is 2.62 bits per heavy atom. The van der Waals surface area contributed by atoms with Gasteiger partial charge in [0.2, 0.25) is 5.88 Å². The molecule has 0 bridgehead atoms. The summed E-state index contributed by atoms with van der Waals surface area (Å²) in [6.45, 7) is 4.12. The van der Waals surface area contributed by atoms with Crippen molar-refractivity contribution in [3.05, 3.63) is 42.1 Å². The first-order valence-corrected chi connectivity index (χ1v) is 10.8. The molecule has 1 saturated carbocycles. The van der Waals surface area contributed by atoms with Crippen LogP contribution in [0, 0.1) is 5.82 Å². The molecule has 0 aromatic carbocycles. The van der Waals surface area contributed by atoms with Crippen molar-refractivity contribution in [2.45, 2.75) is 57.7 Å². The van der Waals surface area contributed by atoms with Crippen molar-refractivity contribution in [3.63, 3.8) is 0 Å². The van der Waals surface area contributed by atoms with Crippen LogP contribution in [0.4, 0.5) is 10.1 Å². The molecule has 1 aliphatic carbocycles. The smallest absolute Gasteiger partial charge is 0.252 e. The molecule has 0 aliphatic heterocycles. The number of primary amides is 1. The number of amides is 1. The molecule has 3 heterocycles. The van der Waals surface area contributed by atoms with Crippen LogP contribution in [0.2, 0.25) is 0 Å². The van der Waals surface area contributed by atoms with Gasteiger partial charge < -0.3 is 20.5 Å². The number of hydrogen-bond donors (Lipinski definition) is 2. The lowest BCUT2D eigenvalue weighted by atomic mass is 9.90. The number of nitrogens with zero attached hydrogens (tertiary/aromatic N) is 4. The Morgan fingerprint density at radius 1 is 1.28 bits per heavy atom. The van der Waals surface area contributed by atoms with Gasteiger partial charge in [-0.15, -0.1) is 0 Å². The first-order chi connectivity index (χ1) is 15.3. The highest BCUT2D eigenvalue weighted by Gasteiger charge is 2.31. The topological polar surface area (TPSA) is 106 Å². The number of anilines is 1. The van der Waals surface area contributed by atoms with Gasteiger partial charge in [0.05, 0.1) is 42.4 Å². The molecule has 3 aromatic rings. The van der Waals surface area contributed by atoms with Gasteiger partial charge in [0.1, 0.15) is 5.82 Å². The van der Waals surface area contributed by atoms with Gasteiger partial charge in [-0.3, -0.25) is 4.79 Å². The van der Waals surface area contributed by atoms with Gasteiger partial charge in [0, 0.05) is 35.5 Å². The molecular weight excluding hydrogens is 413 g/mol. The van der Waals surface area contributed by atoms with Gasteiger partial charge in [-0.25, -0.2) is 13.9 Å². The van der Waals surface area contributed by atoms with E-state index in [1.54, 1.807) is 16.8 Å². The fraction of sp³-hybridized carbons (Fsp3) is 0.435. The van der Waals surface area contributed by atoms with E-state index in [1.165, 1.54) is 19.4 Å². The van der Waals surface area contributed by atoms with Crippen molar-refractivity contribution in [2.24, 2.45) is 5.73 Å². The van der Waals surface area contributed by atoms with Crippen LogP contribution in [-0.2, 0) is 0 Å². The Kier molecular flexibility index (Phi) is 6.01. The third kappa shape index (κ3) is 4.00. The van der Waals surface area contributed by atoms with E-state index >= 15 is 0 Å². The molecular formula is C23H28FN5O3. The molecule has 32 heavy (non-hydrogen) atoms. The summed E-state index contributed by atoms with van der Waals surface area (Å²) in [5.41, 5.74) is 8.30. The summed E-state index contributed by atoms with van der Waals surface area (Å²) in [7, 11) is 1.47. The Bertz CT molecular complexity index is 1140. The third-order valence-electron chi connectivity index (χ3n) is 6.10. The lowest BCUT2D eigenvalue weighted by molar-refractivity contribution is 0.0999. The molecule has 0 spiro atoms. The zero-order valence-electron chi connectivity index (χ0n) is 18.5. The number of fused-ring (bicyclic) bond motifs is 1. The molecule has 8 nitrogen and oxygen atoms in total. The zero-order valence-corrected chi connectivity index (χ0v) is 18.5. The van der Waals surface area contributed by atoms with E-state index in [0.717, 1.165) is 19.0 Å². The van der Waals surface area contributed by atoms with Crippen LogP contribution in [0.1, 0.15) is 49.9 Å². The number of ether oxygens (including phenoxy) is 1. The SMILES string of the molecule is COc1cc(-c2cc3c(N(C(C)C)C4CCC(O)CC4)c(C(N)=O)cnn3c2)c(F)cn1. The molecule has 4 rings (SSSR count). The highest BCUT2D eigenvalue weighted by Crippen LogP contribution is 2.37. The van der Waals surface area contributed by atoms with Crippen LogP contribution >= 0.6 is 0 Å². The van der Waals surface area contributed by atoms with Gasteiger partial charge in [0.25, 0.3) is 5.91 Å². The predicted molar refractivity (Wildman–Crippen MR) is 119 cm³/mol. The number of halogens is 1. The van der Waals surface area contributed by atoms with Crippen molar-refractivity contribution in [1.29, 1.82) is 0 Å². The molecule has 0 saturated heterocycles. The van der Waals surface area contributed by atoms with E-state index in [0.29, 0.717) is 46.6 Å². The fourth-order valence-corrected chi connectivity index (χ4v) is 4.59. The van der Waals surface area contributed by atoms with E-state index in [-0.39, 0.29) is 18.2 Å². The number of aliphatic hydroxyl groups excluding tert-OH is 1. The van der Waals surface area contributed by atoms with Crippen LogP contribution in [0.5, 0.6) is 5.88 Å². The summed E-state index contributed by atoms with van der Waals surface area (Å²) >= 11 is 0. The minimum Gasteiger partial charge on any atom is -0.481 e. The van der Waals surface area contributed by atoms with Crippen molar-refractivity contribution in [3.8, 4) is 17.0 Å². The molecule has 1 fully saturated rings. The Hall–Kier alpha value is -3.20. The first-order valence-electron chi connectivity index (χ1n) is 10.8. The predicted octanol–water partition coefficient (Wildman–Crippen LogP) is 3.16. The van der Waals surface area contributed by atoms with Crippen molar-refractivity contribution in [1.82, 2.24) is 14.6 Å². The lowest BCUT2D eigenvalue weighted by Gasteiger charge is -2.41. The highest BCUT2D eigenvalue weighted by molar-refractivity contribution is 6.02. The monoisotopic (exact) mass is 441 g/mol. The zero-order chi connectivity index (χ0) is 23.0. The van der Waals surface area contributed by atoms with Crippen molar-refractivity contribution < 1.29 is 19.0 Å². The largest absolute Gasteiger partial charge is 0.481 e. The summed E-state index contributed by atoms with van der Waals surface area (Å²) in [6, 6.07) is 3.54. The molecule has 1 amide bonds. The Morgan fingerprint density at radius 2 is 2.00 bits per heavy atom. The second-order valence-electron chi connectivity index (χ2n) is 8.50. The molecule has 0 unspecified atom stereocenters. The third-order valence-corrected chi connectivity index (χ3v) is 6.10. The van der Waals surface area contributed by atoms with Crippen molar-refractivity contribution in [2.75, 3.05) is 12.0 Å². The summed E-state index contributed by atoms with van der Waals surface area (Å²) in [5, 5.41) is 14.3.